The third kappa shape index (κ3) is 2.16. The molecule has 88 valence electrons. The van der Waals surface area contributed by atoms with Gasteiger partial charge in [0.05, 0.1) is 0 Å². The second-order valence-electron chi connectivity index (χ2n) is 4.06. The first-order chi connectivity index (χ1) is 7.66. The van der Waals surface area contributed by atoms with E-state index < -0.39 is 0 Å². The monoisotopic (exact) mass is 240 g/mol. The molecule has 16 heavy (non-hydrogen) atoms. The highest BCUT2D eigenvalue weighted by atomic mass is 32.1. The highest BCUT2D eigenvalue weighted by Crippen LogP contribution is 2.33. The van der Waals surface area contributed by atoms with E-state index in [1.807, 2.05) is 13.0 Å². The molecule has 2 rings (SSSR count). The molecule has 1 N–H and O–H groups in total. The average Bonchev–Trinajstić information content (AvgIpc) is 2.28. The fourth-order valence-electron chi connectivity index (χ4n) is 2.03. The van der Waals surface area contributed by atoms with Gasteiger partial charge in [-0.15, -0.1) is 0 Å². The van der Waals surface area contributed by atoms with Crippen LogP contribution in [-0.2, 0) is 15.1 Å². The molecule has 0 atom stereocenters. The molecule has 0 bridgehead atoms. The Morgan fingerprint density at radius 2 is 2.19 bits per heavy atom. The first-order valence-electron chi connectivity index (χ1n) is 5.38. The molecule has 0 saturated carbocycles. The van der Waals surface area contributed by atoms with E-state index in [1.165, 1.54) is 0 Å². The Kier molecular flexibility index (Phi) is 3.37. The predicted octanol–water partition coefficient (Wildman–Crippen LogP) is 2.10. The number of rotatable bonds is 2. The third-order valence-corrected chi connectivity index (χ3v) is 3.21. The molecule has 1 saturated heterocycles. The molecule has 4 nitrogen and oxygen atoms in total. The minimum atomic E-state index is -0.363. The molecule has 2 heterocycles. The van der Waals surface area contributed by atoms with Crippen LogP contribution >= 0.6 is 12.2 Å². The third-order valence-electron chi connectivity index (χ3n) is 3.00. The summed E-state index contributed by atoms with van der Waals surface area (Å²) in [5.41, 5.74) is 0.649. The van der Waals surface area contributed by atoms with Crippen molar-refractivity contribution in [3.05, 3.63) is 22.2 Å². The Labute approximate surface area is 100 Å². The summed E-state index contributed by atoms with van der Waals surface area (Å²) in [6.07, 6.45) is 1.62. The van der Waals surface area contributed by atoms with Gasteiger partial charge in [0.1, 0.15) is 16.1 Å². The normalized spacial score (nSPS) is 19.6. The van der Waals surface area contributed by atoms with Gasteiger partial charge in [0, 0.05) is 38.9 Å². The minimum absolute atomic E-state index is 0.363. The van der Waals surface area contributed by atoms with Crippen molar-refractivity contribution >= 4 is 12.2 Å². The van der Waals surface area contributed by atoms with Gasteiger partial charge in [-0.05, 0) is 13.0 Å². The lowest BCUT2D eigenvalue weighted by atomic mass is 9.93. The molecule has 0 spiro atoms. The average molecular weight is 240 g/mol. The van der Waals surface area contributed by atoms with Crippen LogP contribution in [0.3, 0.4) is 0 Å². The van der Waals surface area contributed by atoms with Gasteiger partial charge in [-0.2, -0.15) is 0 Å². The zero-order valence-corrected chi connectivity index (χ0v) is 10.4. The molecule has 0 radical (unpaired) electrons. The lowest BCUT2D eigenvalue weighted by molar-refractivity contribution is -0.100. The Hall–Kier alpha value is -0.780. The van der Waals surface area contributed by atoms with Crippen molar-refractivity contribution in [1.82, 2.24) is 9.97 Å². The minimum Gasteiger partial charge on any atom is -0.381 e. The van der Waals surface area contributed by atoms with Gasteiger partial charge in [-0.3, -0.25) is 0 Å². The molecule has 1 aliphatic rings. The summed E-state index contributed by atoms with van der Waals surface area (Å²) in [7, 11) is 1.71. The van der Waals surface area contributed by atoms with Gasteiger partial charge in [0.25, 0.3) is 0 Å². The molecular formula is C11H16N2O2S. The van der Waals surface area contributed by atoms with Gasteiger partial charge in [-0.25, -0.2) is 4.98 Å². The molecule has 0 amide bonds. The molecule has 1 fully saturated rings. The topological polar surface area (TPSA) is 47.1 Å². The van der Waals surface area contributed by atoms with Crippen LogP contribution in [0.5, 0.6) is 0 Å². The van der Waals surface area contributed by atoms with Crippen LogP contribution in [0.25, 0.3) is 0 Å². The summed E-state index contributed by atoms with van der Waals surface area (Å²) in [5.74, 6) is 0.822. The zero-order chi connectivity index (χ0) is 11.6. The van der Waals surface area contributed by atoms with Crippen molar-refractivity contribution in [1.29, 1.82) is 0 Å². The van der Waals surface area contributed by atoms with Gasteiger partial charge >= 0.3 is 0 Å². The number of nitrogens with one attached hydrogen (secondary N) is 1. The number of aromatic amines is 1. The molecule has 1 aliphatic heterocycles. The zero-order valence-electron chi connectivity index (χ0n) is 9.58. The van der Waals surface area contributed by atoms with E-state index in [2.05, 4.69) is 9.97 Å². The van der Waals surface area contributed by atoms with Gasteiger partial charge in [0.15, 0.2) is 0 Å². The number of hydrogen-bond donors (Lipinski definition) is 1. The van der Waals surface area contributed by atoms with E-state index in [1.54, 1.807) is 7.11 Å². The van der Waals surface area contributed by atoms with Crippen LogP contribution in [-0.4, -0.2) is 30.3 Å². The predicted molar refractivity (Wildman–Crippen MR) is 62.9 cm³/mol. The highest BCUT2D eigenvalue weighted by molar-refractivity contribution is 7.71. The summed E-state index contributed by atoms with van der Waals surface area (Å²) in [6, 6.07) is 1.85. The number of aromatic nitrogens is 2. The second-order valence-corrected chi connectivity index (χ2v) is 4.48. The molecule has 0 aliphatic carbocycles. The van der Waals surface area contributed by atoms with Crippen LogP contribution < -0.4 is 0 Å². The molecule has 0 unspecified atom stereocenters. The van der Waals surface area contributed by atoms with Crippen LogP contribution in [0.15, 0.2) is 6.07 Å². The summed E-state index contributed by atoms with van der Waals surface area (Å²) >= 11 is 5.14. The van der Waals surface area contributed by atoms with Crippen molar-refractivity contribution in [2.24, 2.45) is 0 Å². The van der Waals surface area contributed by atoms with Crippen molar-refractivity contribution in [2.75, 3.05) is 20.3 Å². The number of ether oxygens (including phenoxy) is 2. The standard InChI is InChI=1S/C11H16N2O2S/c1-8-7-9(16)13-10(12-8)11(14-2)3-5-15-6-4-11/h7H,3-6H2,1-2H3,(H,12,13,16). The van der Waals surface area contributed by atoms with Crippen molar-refractivity contribution in [2.45, 2.75) is 25.4 Å². The van der Waals surface area contributed by atoms with E-state index in [-0.39, 0.29) is 5.60 Å². The van der Waals surface area contributed by atoms with Crippen LogP contribution in [0.1, 0.15) is 24.4 Å². The SMILES string of the molecule is COC1(c2nc(=S)cc(C)[nH]2)CCOCC1. The number of aryl methyl sites for hydroxylation is 1. The largest absolute Gasteiger partial charge is 0.381 e. The number of nitrogens with zero attached hydrogens (tertiary/aromatic N) is 1. The fraction of sp³-hybridized carbons (Fsp3) is 0.636. The van der Waals surface area contributed by atoms with Crippen LogP contribution in [0.4, 0.5) is 0 Å². The molecule has 0 aromatic carbocycles. The number of hydrogen-bond acceptors (Lipinski definition) is 4. The summed E-state index contributed by atoms with van der Waals surface area (Å²) < 4.78 is 11.6. The summed E-state index contributed by atoms with van der Waals surface area (Å²) in [4.78, 5) is 7.63. The Morgan fingerprint density at radius 3 is 2.75 bits per heavy atom. The van der Waals surface area contributed by atoms with Gasteiger partial charge < -0.3 is 14.5 Å². The maximum atomic E-state index is 5.65. The van der Waals surface area contributed by atoms with Crippen LogP contribution in [0, 0.1) is 11.6 Å². The first-order valence-corrected chi connectivity index (χ1v) is 5.78. The van der Waals surface area contributed by atoms with E-state index in [9.17, 15) is 0 Å². The molecule has 1 aromatic heterocycles. The number of methoxy groups -OCH3 is 1. The Balaban J connectivity index is 2.42. The van der Waals surface area contributed by atoms with E-state index in [4.69, 9.17) is 21.7 Å². The lowest BCUT2D eigenvalue weighted by Gasteiger charge is -2.34. The fourth-order valence-corrected chi connectivity index (χ4v) is 2.30. The van der Waals surface area contributed by atoms with Crippen molar-refractivity contribution < 1.29 is 9.47 Å². The summed E-state index contributed by atoms with van der Waals surface area (Å²) in [5, 5.41) is 0. The van der Waals surface area contributed by atoms with Gasteiger partial charge in [0.2, 0.25) is 0 Å². The Bertz CT molecular complexity index is 424. The molecule has 1 aromatic rings. The van der Waals surface area contributed by atoms with E-state index >= 15 is 0 Å². The molecular weight excluding hydrogens is 224 g/mol. The van der Waals surface area contributed by atoms with Crippen molar-refractivity contribution in [3.63, 3.8) is 0 Å². The van der Waals surface area contributed by atoms with Gasteiger partial charge in [-0.1, -0.05) is 12.2 Å². The quantitative estimate of drug-likeness (QED) is 0.804. The maximum absolute atomic E-state index is 5.65. The Morgan fingerprint density at radius 1 is 1.50 bits per heavy atom. The maximum Gasteiger partial charge on any atom is 0.140 e. The van der Waals surface area contributed by atoms with E-state index in [0.29, 0.717) is 17.9 Å². The second kappa shape index (κ2) is 4.61. The number of H-pyrrole nitrogens is 1. The van der Waals surface area contributed by atoms with Crippen LogP contribution in [0.2, 0.25) is 0 Å². The first kappa shape index (κ1) is 11.7. The van der Waals surface area contributed by atoms with E-state index in [0.717, 1.165) is 24.4 Å². The molecule has 5 heteroatoms. The smallest absolute Gasteiger partial charge is 0.140 e. The lowest BCUT2D eigenvalue weighted by Crippen LogP contribution is -2.37. The summed E-state index contributed by atoms with van der Waals surface area (Å²) in [6.45, 7) is 3.37. The highest BCUT2D eigenvalue weighted by Gasteiger charge is 2.36. The van der Waals surface area contributed by atoms with Crippen molar-refractivity contribution in [3.8, 4) is 0 Å².